The van der Waals surface area contributed by atoms with E-state index >= 15 is 0 Å². The van der Waals surface area contributed by atoms with Crippen LogP contribution in [0.2, 0.25) is 0 Å². The molecule has 0 radical (unpaired) electrons. The summed E-state index contributed by atoms with van der Waals surface area (Å²) in [6.45, 7) is 3.70. The number of nitrogens with zero attached hydrogens (tertiary/aromatic N) is 2. The van der Waals surface area contributed by atoms with E-state index in [0.717, 1.165) is 10.5 Å². The summed E-state index contributed by atoms with van der Waals surface area (Å²) in [5.41, 5.74) is 1.71. The van der Waals surface area contributed by atoms with Crippen molar-refractivity contribution in [2.75, 3.05) is 20.0 Å². The zero-order chi connectivity index (χ0) is 25.3. The van der Waals surface area contributed by atoms with E-state index in [2.05, 4.69) is 20.9 Å². The van der Waals surface area contributed by atoms with Gasteiger partial charge in [0.25, 0.3) is 5.56 Å². The average Bonchev–Trinajstić information content (AvgIpc) is 3.14. The molecule has 1 aromatic heterocycles. The van der Waals surface area contributed by atoms with Gasteiger partial charge >= 0.3 is 5.97 Å². The van der Waals surface area contributed by atoms with Crippen molar-refractivity contribution in [2.45, 2.75) is 24.8 Å². The molecule has 0 fully saturated rings. The fourth-order valence-corrected chi connectivity index (χ4v) is 5.79. The standard InChI is InChI=1S/C25H23BrN2O5S2/c1-5-33-24(31)20-13(2)27-25-28(21(20)14-6-8-17(34-4)9-7-14)23(30)19(35-25)11-15-10-16(26)12-18(32-3)22(15)29/h6-12,21,29H,5H2,1-4H3/b19-11-. The SMILES string of the molecule is CCOC(=O)C1=C(C)N=c2s/c(=C\c3cc(Br)cc(OC)c3O)c(=O)n2C1c1ccc(SC)cc1. The minimum Gasteiger partial charge on any atom is -0.504 e. The molecule has 3 aromatic rings. The van der Waals surface area contributed by atoms with Gasteiger partial charge in [0.1, 0.15) is 0 Å². The Bertz CT molecular complexity index is 1510. The van der Waals surface area contributed by atoms with Crippen molar-refractivity contribution < 1.29 is 19.4 Å². The second kappa shape index (κ2) is 10.4. The van der Waals surface area contributed by atoms with Crippen LogP contribution in [0.1, 0.15) is 31.0 Å². The Hall–Kier alpha value is -2.82. The summed E-state index contributed by atoms with van der Waals surface area (Å²) in [5, 5.41) is 10.6. The number of hydrogen-bond acceptors (Lipinski definition) is 8. The Labute approximate surface area is 218 Å². The Morgan fingerprint density at radius 1 is 1.31 bits per heavy atom. The Balaban J connectivity index is 1.96. The van der Waals surface area contributed by atoms with Crippen LogP contribution < -0.4 is 19.6 Å². The molecular weight excluding hydrogens is 552 g/mol. The molecule has 10 heteroatoms. The molecule has 0 spiro atoms. The normalized spacial score (nSPS) is 15.6. The number of ether oxygens (including phenoxy) is 2. The number of hydrogen-bond donors (Lipinski definition) is 1. The smallest absolute Gasteiger partial charge is 0.338 e. The summed E-state index contributed by atoms with van der Waals surface area (Å²) in [6, 6.07) is 10.4. The van der Waals surface area contributed by atoms with Crippen LogP contribution >= 0.6 is 39.0 Å². The van der Waals surface area contributed by atoms with E-state index in [1.54, 1.807) is 43.8 Å². The second-order valence-electron chi connectivity index (χ2n) is 7.62. The molecule has 1 N–H and O–H groups in total. The van der Waals surface area contributed by atoms with Crippen molar-refractivity contribution in [3.8, 4) is 11.5 Å². The monoisotopic (exact) mass is 574 g/mol. The molecule has 7 nitrogen and oxygen atoms in total. The molecule has 182 valence electrons. The van der Waals surface area contributed by atoms with Gasteiger partial charge in [-0.1, -0.05) is 39.4 Å². The number of carbonyl (C=O) groups is 1. The highest BCUT2D eigenvalue weighted by atomic mass is 79.9. The molecule has 0 saturated carbocycles. The lowest BCUT2D eigenvalue weighted by Gasteiger charge is -2.24. The van der Waals surface area contributed by atoms with Gasteiger partial charge in [-0.05, 0) is 56.0 Å². The zero-order valence-corrected chi connectivity index (χ0v) is 22.7. The third kappa shape index (κ3) is 4.82. The zero-order valence-electron chi connectivity index (χ0n) is 19.5. The molecule has 35 heavy (non-hydrogen) atoms. The van der Waals surface area contributed by atoms with E-state index in [4.69, 9.17) is 9.47 Å². The molecule has 0 aliphatic carbocycles. The number of esters is 1. The molecule has 1 unspecified atom stereocenters. The van der Waals surface area contributed by atoms with Crippen LogP contribution in [0.5, 0.6) is 11.5 Å². The number of aromatic hydroxyl groups is 1. The highest BCUT2D eigenvalue weighted by molar-refractivity contribution is 9.10. The number of aromatic nitrogens is 1. The van der Waals surface area contributed by atoms with Gasteiger partial charge in [0.2, 0.25) is 0 Å². The largest absolute Gasteiger partial charge is 0.504 e. The topological polar surface area (TPSA) is 90.1 Å². The third-order valence-electron chi connectivity index (χ3n) is 5.52. The third-order valence-corrected chi connectivity index (χ3v) is 7.71. The highest BCUT2D eigenvalue weighted by Crippen LogP contribution is 2.34. The van der Waals surface area contributed by atoms with Crippen LogP contribution in [0.4, 0.5) is 0 Å². The van der Waals surface area contributed by atoms with Crippen molar-refractivity contribution >= 4 is 51.1 Å². The summed E-state index contributed by atoms with van der Waals surface area (Å²) in [5.74, 6) is -0.295. The van der Waals surface area contributed by atoms with Gasteiger partial charge in [-0.15, -0.1) is 11.8 Å². The lowest BCUT2D eigenvalue weighted by molar-refractivity contribution is -0.139. The minimum atomic E-state index is -0.686. The lowest BCUT2D eigenvalue weighted by Crippen LogP contribution is -2.39. The van der Waals surface area contributed by atoms with Gasteiger partial charge in [-0.2, -0.15) is 0 Å². The quantitative estimate of drug-likeness (QED) is 0.353. The maximum absolute atomic E-state index is 13.7. The van der Waals surface area contributed by atoms with Crippen LogP contribution in [0.15, 0.2) is 66.8 Å². The number of carbonyl (C=O) groups excluding carboxylic acids is 1. The number of methoxy groups -OCH3 is 1. The maximum Gasteiger partial charge on any atom is 0.338 e. The second-order valence-corrected chi connectivity index (χ2v) is 10.4. The van der Waals surface area contributed by atoms with Gasteiger partial charge in [0, 0.05) is 14.9 Å². The number of fused-ring (bicyclic) bond motifs is 1. The number of benzene rings is 2. The average molecular weight is 576 g/mol. The van der Waals surface area contributed by atoms with Gasteiger partial charge in [0.05, 0.1) is 35.6 Å². The van der Waals surface area contributed by atoms with E-state index in [9.17, 15) is 14.7 Å². The molecule has 2 aromatic carbocycles. The van der Waals surface area contributed by atoms with Gasteiger partial charge < -0.3 is 14.6 Å². The van der Waals surface area contributed by atoms with Crippen LogP contribution in [0, 0.1) is 0 Å². The van der Waals surface area contributed by atoms with Crippen molar-refractivity contribution in [1.29, 1.82) is 0 Å². The number of thioether (sulfide) groups is 1. The molecule has 1 aliphatic rings. The van der Waals surface area contributed by atoms with Crippen molar-refractivity contribution in [2.24, 2.45) is 4.99 Å². The molecular formula is C25H23BrN2O5S2. The fraction of sp³-hybridized carbons (Fsp3) is 0.240. The van der Waals surface area contributed by atoms with Crippen molar-refractivity contribution in [1.82, 2.24) is 4.57 Å². The number of phenols is 1. The molecule has 0 bridgehead atoms. The Kier molecular flexibility index (Phi) is 7.53. The number of halogens is 1. The van der Waals surface area contributed by atoms with Crippen LogP contribution in [-0.2, 0) is 9.53 Å². The van der Waals surface area contributed by atoms with E-state index < -0.39 is 12.0 Å². The number of thiazole rings is 1. The Morgan fingerprint density at radius 3 is 2.66 bits per heavy atom. The molecule has 0 saturated heterocycles. The van der Waals surface area contributed by atoms with Crippen molar-refractivity contribution in [3.05, 3.63) is 83.0 Å². The first kappa shape index (κ1) is 25.3. The fourth-order valence-electron chi connectivity index (χ4n) is 3.89. The summed E-state index contributed by atoms with van der Waals surface area (Å²) in [6.07, 6.45) is 3.59. The summed E-state index contributed by atoms with van der Waals surface area (Å²) in [4.78, 5) is 32.8. The Morgan fingerprint density at radius 2 is 2.03 bits per heavy atom. The van der Waals surface area contributed by atoms with Crippen LogP contribution in [0.25, 0.3) is 6.08 Å². The van der Waals surface area contributed by atoms with E-state index in [0.29, 0.717) is 30.6 Å². The highest BCUT2D eigenvalue weighted by Gasteiger charge is 2.33. The predicted octanol–water partition coefficient (Wildman–Crippen LogP) is 4.00. The molecule has 1 aliphatic heterocycles. The lowest BCUT2D eigenvalue weighted by atomic mass is 9.96. The predicted molar refractivity (Wildman–Crippen MR) is 141 cm³/mol. The van der Waals surface area contributed by atoms with E-state index in [-0.39, 0.29) is 23.7 Å². The first-order valence-corrected chi connectivity index (χ1v) is 13.5. The number of allylic oxidation sites excluding steroid dienone is 1. The van der Waals surface area contributed by atoms with Crippen LogP contribution in [-0.4, -0.2) is 35.6 Å². The minimum absolute atomic E-state index is 0.0749. The summed E-state index contributed by atoms with van der Waals surface area (Å²) < 4.78 is 13.1. The summed E-state index contributed by atoms with van der Waals surface area (Å²) in [7, 11) is 1.46. The van der Waals surface area contributed by atoms with Crippen LogP contribution in [0.3, 0.4) is 0 Å². The van der Waals surface area contributed by atoms with Crippen molar-refractivity contribution in [3.63, 3.8) is 0 Å². The maximum atomic E-state index is 13.7. The van der Waals surface area contributed by atoms with Gasteiger partial charge in [-0.3, -0.25) is 9.36 Å². The number of rotatable bonds is 6. The molecule has 2 heterocycles. The van der Waals surface area contributed by atoms with E-state index in [1.807, 2.05) is 30.5 Å². The first-order valence-electron chi connectivity index (χ1n) is 10.7. The van der Waals surface area contributed by atoms with E-state index in [1.165, 1.54) is 23.0 Å². The molecule has 1 atom stereocenters. The van der Waals surface area contributed by atoms with Gasteiger partial charge in [-0.25, -0.2) is 9.79 Å². The number of phenolic OH excluding ortho intramolecular Hbond substituents is 1. The van der Waals surface area contributed by atoms with Gasteiger partial charge in [0.15, 0.2) is 16.3 Å². The molecule has 4 rings (SSSR count). The summed E-state index contributed by atoms with van der Waals surface area (Å²) >= 11 is 6.21. The molecule has 0 amide bonds. The first-order chi connectivity index (χ1) is 16.8.